The molecule has 20 rings (SSSR count). The van der Waals surface area contributed by atoms with Crippen LogP contribution in [0.3, 0.4) is 0 Å². The summed E-state index contributed by atoms with van der Waals surface area (Å²) in [6.07, 6.45) is 3.59. The number of para-hydroxylation sites is 2. The van der Waals surface area contributed by atoms with Gasteiger partial charge in [-0.2, -0.15) is 17.5 Å². The van der Waals surface area contributed by atoms with Crippen LogP contribution in [-0.2, 0) is 0 Å². The van der Waals surface area contributed by atoms with Crippen LogP contribution in [0.1, 0.15) is 0 Å². The number of hydrogen-bond acceptors (Lipinski definition) is 13. The van der Waals surface area contributed by atoms with Gasteiger partial charge in [-0.1, -0.05) is 249 Å². The van der Waals surface area contributed by atoms with E-state index < -0.39 is 0 Å². The van der Waals surface area contributed by atoms with E-state index in [0.29, 0.717) is 0 Å². The summed E-state index contributed by atoms with van der Waals surface area (Å²) in [6, 6.07) is 107. The number of nitrogens with zero attached hydrogens (tertiary/aromatic N) is 11. The molecule has 9 heterocycles. The van der Waals surface area contributed by atoms with Crippen LogP contribution in [0, 0.1) is 0 Å². The highest BCUT2D eigenvalue weighted by Crippen LogP contribution is 2.46. The zero-order valence-electron chi connectivity index (χ0n) is 54.3. The van der Waals surface area contributed by atoms with E-state index in [4.69, 9.17) is 42.4 Å². The monoisotopic (exact) mass is 1340 g/mol. The van der Waals surface area contributed by atoms with E-state index in [2.05, 4.69) is 240 Å². The molecule has 0 N–H and O–H groups in total. The molecule has 0 atom stereocenters. The number of fused-ring (bicyclic) bond motifs is 13. The number of rotatable bonds is 10. The van der Waals surface area contributed by atoms with E-state index in [0.717, 1.165) is 200 Å². The zero-order chi connectivity index (χ0) is 67.5. The highest BCUT2D eigenvalue weighted by Gasteiger charge is 2.24. The lowest BCUT2D eigenvalue weighted by Crippen LogP contribution is -1.96. The van der Waals surface area contributed by atoms with Crippen molar-refractivity contribution in [1.29, 1.82) is 0 Å². The van der Waals surface area contributed by atoms with Gasteiger partial charge in [-0.15, -0.1) is 0 Å². The quantitative estimate of drug-likeness (QED) is 0.121. The summed E-state index contributed by atoms with van der Waals surface area (Å²) in [5.41, 5.74) is 26.6. The molecule has 0 saturated carbocycles. The minimum absolute atomic E-state index is 0.796. The second-order valence-electron chi connectivity index (χ2n) is 25.0. The highest BCUT2D eigenvalue weighted by atomic mass is 32.1. The zero-order valence-corrected chi connectivity index (χ0v) is 56.0. The van der Waals surface area contributed by atoms with Crippen molar-refractivity contribution in [3.63, 3.8) is 0 Å². The second kappa shape index (κ2) is 25.5. The Morgan fingerprint density at radius 3 is 1.09 bits per heavy atom. The number of aromatic nitrogens is 11. The third kappa shape index (κ3) is 10.7. The van der Waals surface area contributed by atoms with Crippen molar-refractivity contribution in [2.45, 2.75) is 0 Å². The Morgan fingerprint density at radius 1 is 0.196 bits per heavy atom. The number of benzene rings is 11. The van der Waals surface area contributed by atoms with Crippen molar-refractivity contribution < 1.29 is 0 Å². The van der Waals surface area contributed by atoms with Crippen molar-refractivity contribution >= 4 is 111 Å². The molecule has 11 nitrogen and oxygen atoms in total. The van der Waals surface area contributed by atoms with E-state index in [1.165, 1.54) is 23.5 Å². The molecular formula is C89H53N11S2. The van der Waals surface area contributed by atoms with Crippen molar-refractivity contribution in [2.75, 3.05) is 0 Å². The van der Waals surface area contributed by atoms with Crippen LogP contribution in [-0.4, -0.2) is 52.4 Å². The molecule has 9 aromatic heterocycles. The summed E-state index contributed by atoms with van der Waals surface area (Å²) in [5.74, 6) is 0. The van der Waals surface area contributed by atoms with E-state index in [9.17, 15) is 0 Å². The molecule has 0 saturated heterocycles. The summed E-state index contributed by atoms with van der Waals surface area (Å²) in [6.45, 7) is 0. The molecule has 13 heteroatoms. The minimum atomic E-state index is 0.796. The second-order valence-corrected chi connectivity index (χ2v) is 26.1. The maximum Gasteiger partial charge on any atom is 0.114 e. The van der Waals surface area contributed by atoms with Crippen LogP contribution in [0.2, 0.25) is 0 Å². The van der Waals surface area contributed by atoms with Crippen LogP contribution in [0.15, 0.2) is 322 Å². The highest BCUT2D eigenvalue weighted by molar-refractivity contribution is 7.00. The Balaban J connectivity index is 0.000000142. The Bertz CT molecular complexity index is 6530. The fraction of sp³-hybridized carbons (Fsp3) is 0. The van der Waals surface area contributed by atoms with Gasteiger partial charge in [-0.05, 0) is 88.5 Å². The summed E-state index contributed by atoms with van der Waals surface area (Å²) >= 11 is 2.50. The van der Waals surface area contributed by atoms with Gasteiger partial charge >= 0.3 is 0 Å². The standard InChI is InChI=1S/C46H28N6S.C43H25N5S/c1-3-12-30(13-4-1)36-28-37-42(46-45(36)51-53-52-46)35-17-11-16-34(44(35)50-43(37)32-14-5-2-6-15-32)31-22-20-29(21-23-31)33-26-40(38-18-7-9-24-47-38)49-41(27-33)39-19-8-10-25-48-39;1-4-11-26(12-5-1)33-25-34-37(43-42(33)47-49-48-43)32-18-10-17-31(41(32)46-38(34)28-15-8-3-9-16-28)36-24-22-30-20-19-29-21-23-35(27-13-6-2-7-14-27)44-39(29)40(30)45-36/h1-28H;1-25H. The van der Waals surface area contributed by atoms with Gasteiger partial charge in [0.1, 0.15) is 22.1 Å². The van der Waals surface area contributed by atoms with Crippen LogP contribution >= 0.6 is 23.5 Å². The molecule has 0 aliphatic rings. The molecule has 0 bridgehead atoms. The van der Waals surface area contributed by atoms with Gasteiger partial charge in [0.05, 0.1) is 91.1 Å². The average Bonchev–Trinajstić information content (AvgIpc) is 1.26. The molecule has 0 fully saturated rings. The van der Waals surface area contributed by atoms with E-state index in [1.807, 2.05) is 78.9 Å². The lowest BCUT2D eigenvalue weighted by atomic mass is 9.92. The topological polar surface area (TPSA) is 142 Å². The molecular weight excluding hydrogens is 1290 g/mol. The SMILES string of the molecule is c1ccc(-c2ccc3ccc4ccc(-c5cccc6c5nc(-c5ccccc5)c5cc(-c7ccccc7)c7nsnc7c56)nc4c3n2)cc1.c1ccc(-c2nc3c(-c4ccc(-c5cc(-c6ccccn6)nc(-c6ccccn6)c5)cc4)cccc3c3c2cc(-c2ccccc2)c2nsnc23)cc1. The third-order valence-corrected chi connectivity index (χ3v) is 20.0. The molecule has 0 amide bonds. The first kappa shape index (κ1) is 59.9. The van der Waals surface area contributed by atoms with Gasteiger partial charge in [0, 0.05) is 94.4 Å². The lowest BCUT2D eigenvalue weighted by molar-refractivity contribution is 1.22. The number of pyridine rings is 7. The molecule has 0 aliphatic carbocycles. The summed E-state index contributed by atoms with van der Waals surface area (Å²) in [7, 11) is 0. The lowest BCUT2D eigenvalue weighted by Gasteiger charge is -2.15. The van der Waals surface area contributed by atoms with E-state index in [-0.39, 0.29) is 0 Å². The maximum absolute atomic E-state index is 5.48. The molecule has 0 aliphatic heterocycles. The molecule has 476 valence electrons. The van der Waals surface area contributed by atoms with Gasteiger partial charge in [-0.3, -0.25) is 9.97 Å². The molecule has 0 spiro atoms. The minimum Gasteiger partial charge on any atom is -0.255 e. The predicted molar refractivity (Wildman–Crippen MR) is 419 cm³/mol. The van der Waals surface area contributed by atoms with Crippen LogP contribution in [0.5, 0.6) is 0 Å². The van der Waals surface area contributed by atoms with Gasteiger partial charge in [-0.25, -0.2) is 24.9 Å². The van der Waals surface area contributed by atoms with E-state index >= 15 is 0 Å². The maximum atomic E-state index is 5.48. The Kier molecular flexibility index (Phi) is 15.0. The van der Waals surface area contributed by atoms with Gasteiger partial charge in [0.2, 0.25) is 0 Å². The van der Waals surface area contributed by atoms with Gasteiger partial charge in [0.15, 0.2) is 0 Å². The first-order valence-electron chi connectivity index (χ1n) is 33.6. The van der Waals surface area contributed by atoms with Crippen LogP contribution < -0.4 is 0 Å². The summed E-state index contributed by atoms with van der Waals surface area (Å²) in [4.78, 5) is 35.5. The van der Waals surface area contributed by atoms with Gasteiger partial charge in [0.25, 0.3) is 0 Å². The third-order valence-electron chi connectivity index (χ3n) is 19.0. The van der Waals surface area contributed by atoms with Crippen molar-refractivity contribution in [2.24, 2.45) is 0 Å². The van der Waals surface area contributed by atoms with Gasteiger partial charge < -0.3 is 0 Å². The Labute approximate surface area is 593 Å². The van der Waals surface area contributed by atoms with Crippen molar-refractivity contribution in [3.05, 3.63) is 322 Å². The van der Waals surface area contributed by atoms with Crippen LogP contribution in [0.25, 0.3) is 200 Å². The smallest absolute Gasteiger partial charge is 0.114 e. The largest absolute Gasteiger partial charge is 0.255 e. The summed E-state index contributed by atoms with van der Waals surface area (Å²) in [5, 5.41) is 8.39. The first-order chi connectivity index (χ1) is 50.6. The predicted octanol–water partition coefficient (Wildman–Crippen LogP) is 22.7. The molecule has 102 heavy (non-hydrogen) atoms. The molecule has 0 unspecified atom stereocenters. The molecule has 11 aromatic carbocycles. The fourth-order valence-electron chi connectivity index (χ4n) is 14.1. The Morgan fingerprint density at radius 2 is 0.598 bits per heavy atom. The molecule has 0 radical (unpaired) electrons. The normalized spacial score (nSPS) is 11.5. The molecule has 20 aromatic rings. The van der Waals surface area contributed by atoms with Crippen molar-refractivity contribution in [1.82, 2.24) is 52.4 Å². The average molecular weight is 1340 g/mol. The number of hydrogen-bond donors (Lipinski definition) is 0. The fourth-order valence-corrected chi connectivity index (χ4v) is 15.3. The van der Waals surface area contributed by atoms with E-state index in [1.54, 1.807) is 12.4 Å². The first-order valence-corrected chi connectivity index (χ1v) is 35.0. The van der Waals surface area contributed by atoms with Crippen LogP contribution in [0.4, 0.5) is 0 Å². The van der Waals surface area contributed by atoms with Crippen molar-refractivity contribution in [3.8, 4) is 112 Å². The summed E-state index contributed by atoms with van der Waals surface area (Å²) < 4.78 is 19.5. The Hall–Kier alpha value is -13.3.